The lowest BCUT2D eigenvalue weighted by molar-refractivity contribution is -0.121. The molecule has 3 rings (SSSR count). The number of aryl methyl sites for hydroxylation is 1. The molecule has 0 aliphatic heterocycles. The van der Waals surface area contributed by atoms with Gasteiger partial charge in [-0.2, -0.15) is 5.10 Å². The summed E-state index contributed by atoms with van der Waals surface area (Å²) in [4.78, 5) is 16.7. The fourth-order valence-electron chi connectivity index (χ4n) is 2.95. The van der Waals surface area contributed by atoms with Gasteiger partial charge in [-0.15, -0.1) is 0 Å². The number of hydrogen-bond acceptors (Lipinski definition) is 3. The Morgan fingerprint density at radius 3 is 2.62 bits per heavy atom. The summed E-state index contributed by atoms with van der Waals surface area (Å²) in [7, 11) is 1.84. The predicted molar refractivity (Wildman–Crippen MR) is 102 cm³/mol. The zero-order valence-electron chi connectivity index (χ0n) is 14.6. The third-order valence-electron chi connectivity index (χ3n) is 4.32. The van der Waals surface area contributed by atoms with E-state index >= 15 is 0 Å². The first-order valence-corrected chi connectivity index (χ1v) is 8.91. The van der Waals surface area contributed by atoms with Crippen LogP contribution in [0.25, 0.3) is 0 Å². The second-order valence-corrected chi connectivity index (χ2v) is 6.56. The number of carbonyl (C=O) groups is 1. The number of halogens is 1. The van der Waals surface area contributed by atoms with Gasteiger partial charge in [0.2, 0.25) is 5.91 Å². The lowest BCUT2D eigenvalue weighted by Crippen LogP contribution is -2.28. The molecule has 1 unspecified atom stereocenters. The molecule has 0 radical (unpaired) electrons. The maximum absolute atomic E-state index is 12.5. The number of aromatic nitrogens is 3. The molecule has 5 nitrogen and oxygen atoms in total. The molecule has 1 atom stereocenters. The summed E-state index contributed by atoms with van der Waals surface area (Å²) in [5.74, 6) is 0.811. The molecular weight excluding hydrogens is 348 g/mol. The first-order valence-electron chi connectivity index (χ1n) is 8.53. The van der Waals surface area contributed by atoms with Crippen LogP contribution >= 0.6 is 11.6 Å². The first-order chi connectivity index (χ1) is 12.6. The van der Waals surface area contributed by atoms with Crippen LogP contribution in [0.1, 0.15) is 29.3 Å². The van der Waals surface area contributed by atoms with Crippen molar-refractivity contribution in [1.29, 1.82) is 0 Å². The first kappa shape index (κ1) is 18.1. The number of carbonyl (C=O) groups excluding carboxylic acids is 1. The topological polar surface area (TPSA) is 59.8 Å². The van der Waals surface area contributed by atoms with Crippen LogP contribution in [0.3, 0.4) is 0 Å². The lowest BCUT2D eigenvalue weighted by Gasteiger charge is -2.18. The molecule has 0 saturated carbocycles. The second-order valence-electron chi connectivity index (χ2n) is 6.12. The van der Waals surface area contributed by atoms with Gasteiger partial charge >= 0.3 is 0 Å². The van der Waals surface area contributed by atoms with E-state index in [0.717, 1.165) is 17.0 Å². The smallest absolute Gasteiger partial charge is 0.220 e. The van der Waals surface area contributed by atoms with Crippen molar-refractivity contribution in [2.75, 3.05) is 6.54 Å². The van der Waals surface area contributed by atoms with Gasteiger partial charge in [0.15, 0.2) is 0 Å². The van der Waals surface area contributed by atoms with Crippen LogP contribution in [-0.4, -0.2) is 27.2 Å². The third kappa shape index (κ3) is 4.70. The lowest BCUT2D eigenvalue weighted by atomic mass is 9.88. The van der Waals surface area contributed by atoms with Gasteiger partial charge in [0, 0.05) is 37.4 Å². The Kier molecular flexibility index (Phi) is 6.02. The van der Waals surface area contributed by atoms with E-state index in [0.29, 0.717) is 24.4 Å². The van der Waals surface area contributed by atoms with Crippen molar-refractivity contribution in [3.63, 3.8) is 0 Å². The molecule has 6 heteroatoms. The molecule has 2 aromatic carbocycles. The van der Waals surface area contributed by atoms with Crippen LogP contribution < -0.4 is 5.32 Å². The Balaban J connectivity index is 1.67. The monoisotopic (exact) mass is 368 g/mol. The highest BCUT2D eigenvalue weighted by Gasteiger charge is 2.18. The van der Waals surface area contributed by atoms with E-state index in [-0.39, 0.29) is 11.8 Å². The average Bonchev–Trinajstić information content (AvgIpc) is 3.05. The zero-order valence-corrected chi connectivity index (χ0v) is 15.4. The molecule has 0 spiro atoms. The van der Waals surface area contributed by atoms with Crippen LogP contribution in [0, 0.1) is 0 Å². The van der Waals surface area contributed by atoms with E-state index in [9.17, 15) is 4.79 Å². The fraction of sp³-hybridized carbons (Fsp3) is 0.250. The zero-order chi connectivity index (χ0) is 18.4. The Hall–Kier alpha value is -2.66. The van der Waals surface area contributed by atoms with Crippen LogP contribution in [0.2, 0.25) is 5.02 Å². The van der Waals surface area contributed by atoms with Crippen LogP contribution in [0.15, 0.2) is 60.9 Å². The molecule has 0 aliphatic carbocycles. The summed E-state index contributed by atoms with van der Waals surface area (Å²) in [6.07, 6.45) is 2.53. The Morgan fingerprint density at radius 2 is 1.92 bits per heavy atom. The molecule has 26 heavy (non-hydrogen) atoms. The fourth-order valence-corrected chi connectivity index (χ4v) is 3.15. The molecule has 1 amide bonds. The SMILES string of the molecule is Cn1ncnc1CCNC(=O)CC(c1ccccc1)c1cccc(Cl)c1. The summed E-state index contributed by atoms with van der Waals surface area (Å²) in [5, 5.41) is 7.68. The van der Waals surface area contributed by atoms with Gasteiger partial charge in [0.1, 0.15) is 12.2 Å². The number of nitrogens with zero attached hydrogens (tertiary/aromatic N) is 3. The summed E-state index contributed by atoms with van der Waals surface area (Å²) in [6, 6.07) is 17.7. The number of rotatable bonds is 7. The van der Waals surface area contributed by atoms with Crippen molar-refractivity contribution in [2.24, 2.45) is 7.05 Å². The van der Waals surface area contributed by atoms with Gasteiger partial charge in [-0.05, 0) is 23.3 Å². The van der Waals surface area contributed by atoms with Crippen molar-refractivity contribution >= 4 is 17.5 Å². The standard InChI is InChI=1S/C20H21ClN4O/c1-25-19(23-14-24-25)10-11-22-20(26)13-18(15-6-3-2-4-7-15)16-8-5-9-17(21)12-16/h2-9,12,14,18H,10-11,13H2,1H3,(H,22,26). The van der Waals surface area contributed by atoms with Gasteiger partial charge in [-0.3, -0.25) is 9.48 Å². The number of amides is 1. The van der Waals surface area contributed by atoms with Crippen molar-refractivity contribution in [2.45, 2.75) is 18.8 Å². The van der Waals surface area contributed by atoms with E-state index in [1.807, 2.05) is 61.6 Å². The summed E-state index contributed by atoms with van der Waals surface area (Å²) < 4.78 is 1.71. The van der Waals surface area contributed by atoms with Crippen LogP contribution in [0.4, 0.5) is 0 Å². The highest BCUT2D eigenvalue weighted by Crippen LogP contribution is 2.29. The molecule has 0 fully saturated rings. The summed E-state index contributed by atoms with van der Waals surface area (Å²) >= 11 is 6.15. The van der Waals surface area contributed by atoms with E-state index in [2.05, 4.69) is 15.4 Å². The molecule has 3 aromatic rings. The normalized spacial score (nSPS) is 11.9. The molecule has 1 aromatic heterocycles. The predicted octanol–water partition coefficient (Wildman–Crippen LogP) is 3.35. The van der Waals surface area contributed by atoms with E-state index in [1.165, 1.54) is 6.33 Å². The second kappa shape index (κ2) is 8.63. The summed E-state index contributed by atoms with van der Waals surface area (Å²) in [6.45, 7) is 0.530. The Bertz CT molecular complexity index is 863. The van der Waals surface area contributed by atoms with Gasteiger partial charge in [0.25, 0.3) is 0 Å². The minimum absolute atomic E-state index is 0.000923. The maximum atomic E-state index is 12.5. The Morgan fingerprint density at radius 1 is 1.15 bits per heavy atom. The van der Waals surface area contributed by atoms with E-state index in [1.54, 1.807) is 4.68 Å². The number of hydrogen-bond donors (Lipinski definition) is 1. The summed E-state index contributed by atoms with van der Waals surface area (Å²) in [5.41, 5.74) is 2.13. The highest BCUT2D eigenvalue weighted by atomic mass is 35.5. The quantitative estimate of drug-likeness (QED) is 0.695. The van der Waals surface area contributed by atoms with Gasteiger partial charge in [-0.1, -0.05) is 54.1 Å². The number of nitrogens with one attached hydrogen (secondary N) is 1. The van der Waals surface area contributed by atoms with Crippen LogP contribution in [-0.2, 0) is 18.3 Å². The van der Waals surface area contributed by atoms with Crippen LogP contribution in [0.5, 0.6) is 0 Å². The van der Waals surface area contributed by atoms with Crippen molar-refractivity contribution < 1.29 is 4.79 Å². The van der Waals surface area contributed by atoms with Crippen molar-refractivity contribution in [3.05, 3.63) is 82.9 Å². The van der Waals surface area contributed by atoms with Gasteiger partial charge in [-0.25, -0.2) is 4.98 Å². The molecule has 1 heterocycles. The maximum Gasteiger partial charge on any atom is 0.220 e. The van der Waals surface area contributed by atoms with Gasteiger partial charge < -0.3 is 5.32 Å². The molecule has 1 N–H and O–H groups in total. The van der Waals surface area contributed by atoms with E-state index in [4.69, 9.17) is 11.6 Å². The highest BCUT2D eigenvalue weighted by molar-refractivity contribution is 6.30. The Labute approximate surface area is 158 Å². The molecule has 0 bridgehead atoms. The molecule has 134 valence electrons. The minimum Gasteiger partial charge on any atom is -0.356 e. The molecule has 0 aliphatic rings. The van der Waals surface area contributed by atoms with E-state index < -0.39 is 0 Å². The molecular formula is C20H21ClN4O. The third-order valence-corrected chi connectivity index (χ3v) is 4.55. The van der Waals surface area contributed by atoms with Crippen molar-refractivity contribution in [1.82, 2.24) is 20.1 Å². The molecule has 0 saturated heterocycles. The largest absolute Gasteiger partial charge is 0.356 e. The van der Waals surface area contributed by atoms with Gasteiger partial charge in [0.05, 0.1) is 0 Å². The van der Waals surface area contributed by atoms with Crippen molar-refractivity contribution in [3.8, 4) is 0 Å². The number of benzene rings is 2. The minimum atomic E-state index is -0.0373. The average molecular weight is 369 g/mol.